The lowest BCUT2D eigenvalue weighted by Gasteiger charge is -2.24. The largest absolute Gasteiger partial charge is 0.418 e. The van der Waals surface area contributed by atoms with Gasteiger partial charge < -0.3 is 10.1 Å². The van der Waals surface area contributed by atoms with Gasteiger partial charge in [-0.3, -0.25) is 0 Å². The first-order valence-electron chi connectivity index (χ1n) is 5.82. The van der Waals surface area contributed by atoms with Gasteiger partial charge in [0, 0.05) is 13.7 Å². The highest BCUT2D eigenvalue weighted by Crippen LogP contribution is 2.38. The number of nitrogens with one attached hydrogen (secondary N) is 1. The van der Waals surface area contributed by atoms with Gasteiger partial charge in [-0.1, -0.05) is 17.7 Å². The van der Waals surface area contributed by atoms with E-state index in [0.29, 0.717) is 13.0 Å². The van der Waals surface area contributed by atoms with Crippen molar-refractivity contribution in [3.05, 3.63) is 28.8 Å². The molecule has 0 bridgehead atoms. The topological polar surface area (TPSA) is 21.3 Å². The van der Waals surface area contributed by atoms with Gasteiger partial charge in [0.15, 0.2) is 0 Å². The molecule has 1 aromatic carbocycles. The van der Waals surface area contributed by atoms with E-state index in [1.807, 2.05) is 13.8 Å². The van der Waals surface area contributed by atoms with E-state index in [0.717, 1.165) is 6.07 Å². The lowest BCUT2D eigenvalue weighted by molar-refractivity contribution is -0.136. The Bertz CT molecular complexity index is 432. The highest BCUT2D eigenvalue weighted by atomic mass is 35.5. The number of para-hydroxylation sites is 1. The molecule has 0 fully saturated rings. The van der Waals surface area contributed by atoms with Crippen LogP contribution in [-0.2, 0) is 10.9 Å². The van der Waals surface area contributed by atoms with Crippen LogP contribution in [0.2, 0.25) is 5.02 Å². The van der Waals surface area contributed by atoms with E-state index in [2.05, 4.69) is 5.32 Å². The van der Waals surface area contributed by atoms with E-state index in [-0.39, 0.29) is 10.7 Å². The fourth-order valence-electron chi connectivity index (χ4n) is 1.53. The predicted octanol–water partition coefficient (Wildman–Crippen LogP) is 4.59. The summed E-state index contributed by atoms with van der Waals surface area (Å²) >= 11 is 5.83. The number of hydrogen-bond acceptors (Lipinski definition) is 2. The third-order valence-corrected chi connectivity index (χ3v) is 3.22. The molecule has 0 atom stereocenters. The highest BCUT2D eigenvalue weighted by molar-refractivity contribution is 6.33. The zero-order valence-electron chi connectivity index (χ0n) is 11.1. The average molecular weight is 296 g/mol. The van der Waals surface area contributed by atoms with Gasteiger partial charge in [-0.25, -0.2) is 0 Å². The summed E-state index contributed by atoms with van der Waals surface area (Å²) in [5, 5.41) is 2.81. The Morgan fingerprint density at radius 1 is 1.26 bits per heavy atom. The molecule has 6 heteroatoms. The summed E-state index contributed by atoms with van der Waals surface area (Å²) in [6.07, 6.45) is -3.87. The Labute approximate surface area is 115 Å². The molecule has 0 radical (unpaired) electrons. The Morgan fingerprint density at radius 2 is 1.89 bits per heavy atom. The molecule has 0 aliphatic carbocycles. The average Bonchev–Trinajstić information content (AvgIpc) is 2.29. The number of halogens is 4. The molecule has 0 unspecified atom stereocenters. The van der Waals surface area contributed by atoms with Crippen LogP contribution in [0.4, 0.5) is 18.9 Å². The van der Waals surface area contributed by atoms with Crippen LogP contribution in [-0.4, -0.2) is 19.3 Å². The minimum Gasteiger partial charge on any atom is -0.383 e. The SMILES string of the molecule is COC(C)(C)CCNc1c(Cl)cccc1C(F)(F)F. The molecule has 1 N–H and O–H groups in total. The first-order chi connectivity index (χ1) is 8.67. The third-order valence-electron chi connectivity index (χ3n) is 2.90. The molecule has 0 spiro atoms. The minimum absolute atomic E-state index is 0.0602. The summed E-state index contributed by atoms with van der Waals surface area (Å²) in [6, 6.07) is 3.73. The van der Waals surface area contributed by atoms with Crippen LogP contribution in [0.1, 0.15) is 25.8 Å². The van der Waals surface area contributed by atoms with Crippen molar-refractivity contribution in [3.8, 4) is 0 Å². The second-order valence-electron chi connectivity index (χ2n) is 4.80. The monoisotopic (exact) mass is 295 g/mol. The van der Waals surface area contributed by atoms with Crippen molar-refractivity contribution in [2.45, 2.75) is 32.0 Å². The maximum Gasteiger partial charge on any atom is 0.418 e. The zero-order chi connectivity index (χ0) is 14.7. The molecule has 2 nitrogen and oxygen atoms in total. The van der Waals surface area contributed by atoms with Crippen LogP contribution >= 0.6 is 11.6 Å². The van der Waals surface area contributed by atoms with Crippen molar-refractivity contribution in [2.24, 2.45) is 0 Å². The van der Waals surface area contributed by atoms with Crippen LogP contribution in [0, 0.1) is 0 Å². The van der Waals surface area contributed by atoms with Crippen molar-refractivity contribution < 1.29 is 17.9 Å². The third kappa shape index (κ3) is 4.58. The van der Waals surface area contributed by atoms with Crippen molar-refractivity contribution in [1.29, 1.82) is 0 Å². The van der Waals surface area contributed by atoms with E-state index < -0.39 is 17.3 Å². The first kappa shape index (κ1) is 16.1. The summed E-state index contributed by atoms with van der Waals surface area (Å²) < 4.78 is 43.7. The van der Waals surface area contributed by atoms with E-state index in [1.165, 1.54) is 12.1 Å². The number of hydrogen-bond donors (Lipinski definition) is 1. The molecule has 0 saturated heterocycles. The predicted molar refractivity (Wildman–Crippen MR) is 70.6 cm³/mol. The summed E-state index contributed by atoms with van der Waals surface area (Å²) in [5.41, 5.74) is -1.23. The van der Waals surface area contributed by atoms with Crippen LogP contribution in [0.5, 0.6) is 0 Å². The lowest BCUT2D eigenvalue weighted by atomic mass is 10.1. The number of anilines is 1. The van der Waals surface area contributed by atoms with Crippen molar-refractivity contribution >= 4 is 17.3 Å². The number of benzene rings is 1. The molecule has 0 aliphatic heterocycles. The Hall–Kier alpha value is -0.940. The van der Waals surface area contributed by atoms with Gasteiger partial charge in [-0.2, -0.15) is 13.2 Å². The maximum atomic E-state index is 12.8. The molecule has 108 valence electrons. The number of rotatable bonds is 5. The first-order valence-corrected chi connectivity index (χ1v) is 6.20. The molecule has 0 saturated carbocycles. The number of alkyl halides is 3. The minimum atomic E-state index is -4.43. The fourth-order valence-corrected chi connectivity index (χ4v) is 1.77. The molecule has 1 aromatic rings. The molecule has 0 amide bonds. The van der Waals surface area contributed by atoms with E-state index in [1.54, 1.807) is 7.11 Å². The Balaban J connectivity index is 2.84. The van der Waals surface area contributed by atoms with E-state index >= 15 is 0 Å². The van der Waals surface area contributed by atoms with Gasteiger partial charge in [0.1, 0.15) is 0 Å². The summed E-state index contributed by atoms with van der Waals surface area (Å²) in [7, 11) is 1.57. The van der Waals surface area contributed by atoms with Crippen LogP contribution < -0.4 is 5.32 Å². The number of methoxy groups -OCH3 is 1. The number of ether oxygens (including phenoxy) is 1. The van der Waals surface area contributed by atoms with Crippen LogP contribution in [0.3, 0.4) is 0 Å². The van der Waals surface area contributed by atoms with Crippen molar-refractivity contribution in [2.75, 3.05) is 19.0 Å². The van der Waals surface area contributed by atoms with Crippen molar-refractivity contribution in [3.63, 3.8) is 0 Å². The summed E-state index contributed by atoms with van der Waals surface area (Å²) in [4.78, 5) is 0. The van der Waals surface area contributed by atoms with E-state index in [4.69, 9.17) is 16.3 Å². The molecular formula is C13H17ClF3NO. The quantitative estimate of drug-likeness (QED) is 0.858. The second-order valence-corrected chi connectivity index (χ2v) is 5.21. The molecule has 0 heterocycles. The molecular weight excluding hydrogens is 279 g/mol. The molecule has 0 aliphatic rings. The maximum absolute atomic E-state index is 12.8. The molecule has 1 rings (SSSR count). The smallest absolute Gasteiger partial charge is 0.383 e. The molecule has 19 heavy (non-hydrogen) atoms. The Morgan fingerprint density at radius 3 is 2.42 bits per heavy atom. The molecule has 0 aromatic heterocycles. The lowest BCUT2D eigenvalue weighted by Crippen LogP contribution is -2.26. The van der Waals surface area contributed by atoms with E-state index in [9.17, 15) is 13.2 Å². The van der Waals surface area contributed by atoms with Gasteiger partial charge in [0.25, 0.3) is 0 Å². The van der Waals surface area contributed by atoms with Crippen LogP contribution in [0.25, 0.3) is 0 Å². The Kier molecular flexibility index (Phi) is 5.10. The second kappa shape index (κ2) is 6.01. The van der Waals surface area contributed by atoms with Gasteiger partial charge in [-0.05, 0) is 32.4 Å². The van der Waals surface area contributed by atoms with Crippen molar-refractivity contribution in [1.82, 2.24) is 0 Å². The van der Waals surface area contributed by atoms with Crippen LogP contribution in [0.15, 0.2) is 18.2 Å². The summed E-state index contributed by atoms with van der Waals surface area (Å²) in [5.74, 6) is 0. The highest BCUT2D eigenvalue weighted by Gasteiger charge is 2.34. The van der Waals surface area contributed by atoms with Gasteiger partial charge in [0.2, 0.25) is 0 Å². The fraction of sp³-hybridized carbons (Fsp3) is 0.538. The summed E-state index contributed by atoms with van der Waals surface area (Å²) in [6.45, 7) is 4.07. The van der Waals surface area contributed by atoms with Gasteiger partial charge >= 0.3 is 6.18 Å². The van der Waals surface area contributed by atoms with Gasteiger partial charge in [-0.15, -0.1) is 0 Å². The zero-order valence-corrected chi connectivity index (χ0v) is 11.8. The van der Waals surface area contributed by atoms with Gasteiger partial charge in [0.05, 0.1) is 21.9 Å². The standard InChI is InChI=1S/C13H17ClF3NO/c1-12(2,19-3)7-8-18-11-9(13(15,16)17)5-4-6-10(11)14/h4-6,18H,7-8H2,1-3H3. The normalized spacial score (nSPS) is 12.6.